The van der Waals surface area contributed by atoms with Gasteiger partial charge >= 0.3 is 5.97 Å². The molecule has 35 heavy (non-hydrogen) atoms. The first-order chi connectivity index (χ1) is 17.2. The first kappa shape index (κ1) is 22.7. The van der Waals surface area contributed by atoms with Crippen LogP contribution in [0.2, 0.25) is 0 Å². The van der Waals surface area contributed by atoms with Crippen LogP contribution in [0.1, 0.15) is 16.7 Å². The zero-order chi connectivity index (χ0) is 24.1. The normalized spacial score (nSPS) is 12.3. The van der Waals surface area contributed by atoms with Gasteiger partial charge in [0.2, 0.25) is 5.65 Å². The quantitative estimate of drug-likeness (QED) is 0.257. The second-order valence-electron chi connectivity index (χ2n) is 7.97. The van der Waals surface area contributed by atoms with Gasteiger partial charge in [-0.05, 0) is 28.8 Å². The lowest BCUT2D eigenvalue weighted by atomic mass is 9.84. The van der Waals surface area contributed by atoms with Crippen LogP contribution in [0.25, 0.3) is 11.2 Å². The van der Waals surface area contributed by atoms with Gasteiger partial charge in [0.1, 0.15) is 6.04 Å². The Morgan fingerprint density at radius 1 is 0.857 bits per heavy atom. The number of aromatic nitrogens is 2. The molecule has 3 aromatic carbocycles. The van der Waals surface area contributed by atoms with Gasteiger partial charge in [0.15, 0.2) is 5.58 Å². The average molecular weight is 482 g/mol. The molecule has 5 rings (SSSR count). The Morgan fingerprint density at radius 3 is 1.89 bits per heavy atom. The summed E-state index contributed by atoms with van der Waals surface area (Å²) in [5, 5.41) is 13.0. The van der Waals surface area contributed by atoms with Crippen molar-refractivity contribution in [2.45, 2.75) is 10.8 Å². The zero-order valence-electron chi connectivity index (χ0n) is 18.7. The third-order valence-corrected chi connectivity index (χ3v) is 7.41. The maximum absolute atomic E-state index is 12.3. The second kappa shape index (κ2) is 10.0. The number of hydrogen-bond donors (Lipinski definition) is 2. The molecule has 0 fully saturated rings. The zero-order valence-corrected chi connectivity index (χ0v) is 19.6. The van der Waals surface area contributed by atoms with Crippen LogP contribution in [0.4, 0.5) is 6.01 Å². The van der Waals surface area contributed by atoms with E-state index >= 15 is 0 Å². The fourth-order valence-corrected chi connectivity index (χ4v) is 5.68. The summed E-state index contributed by atoms with van der Waals surface area (Å²) in [6.45, 7) is 0. The van der Waals surface area contributed by atoms with Gasteiger partial charge in [0.05, 0.1) is 4.75 Å². The van der Waals surface area contributed by atoms with Gasteiger partial charge in [0, 0.05) is 11.9 Å². The first-order valence-corrected chi connectivity index (χ1v) is 12.2. The number of rotatable bonds is 9. The molecule has 0 saturated carbocycles. The first-order valence-electron chi connectivity index (χ1n) is 11.2. The van der Waals surface area contributed by atoms with E-state index in [1.807, 2.05) is 54.6 Å². The Labute approximate surface area is 207 Å². The van der Waals surface area contributed by atoms with Crippen LogP contribution >= 0.6 is 11.8 Å². The lowest BCUT2D eigenvalue weighted by molar-refractivity contribution is -0.137. The molecule has 0 unspecified atom stereocenters. The highest BCUT2D eigenvalue weighted by Crippen LogP contribution is 2.48. The minimum atomic E-state index is -0.990. The fraction of sp³-hybridized carbons (Fsp3) is 0.107. The summed E-state index contributed by atoms with van der Waals surface area (Å²) in [7, 11) is 0. The van der Waals surface area contributed by atoms with Crippen LogP contribution in [-0.4, -0.2) is 32.8 Å². The van der Waals surface area contributed by atoms with Gasteiger partial charge < -0.3 is 14.8 Å². The van der Waals surface area contributed by atoms with E-state index in [0.717, 1.165) is 16.7 Å². The van der Waals surface area contributed by atoms with Crippen molar-refractivity contribution in [1.29, 1.82) is 0 Å². The Bertz CT molecular complexity index is 1280. The lowest BCUT2D eigenvalue weighted by Gasteiger charge is -2.36. The summed E-state index contributed by atoms with van der Waals surface area (Å²) in [6.07, 6.45) is 1.62. The Balaban J connectivity index is 1.54. The van der Waals surface area contributed by atoms with Crippen LogP contribution in [0.5, 0.6) is 0 Å². The highest BCUT2D eigenvalue weighted by molar-refractivity contribution is 8.00. The standard InChI is InChI=1S/C28H23N3O3S/c32-26(33)23(30-27-31-25-24(34-27)17-10-18-29-25)19-35-28(20-11-4-1-5-12-20,21-13-6-2-7-14-21)22-15-8-3-9-16-22/h1-18,23H,19H2,(H,32,33)(H,29,30,31)/t23-/m0/s1. The van der Waals surface area contributed by atoms with Crippen molar-refractivity contribution in [3.05, 3.63) is 126 Å². The number of hydrogen-bond acceptors (Lipinski definition) is 6. The molecule has 0 aliphatic carbocycles. The molecule has 0 spiro atoms. The van der Waals surface area contributed by atoms with Crippen molar-refractivity contribution in [3.8, 4) is 0 Å². The smallest absolute Gasteiger partial charge is 0.327 e. The molecule has 0 saturated heterocycles. The molecule has 2 N–H and O–H groups in total. The van der Waals surface area contributed by atoms with Gasteiger partial charge in [0.25, 0.3) is 6.01 Å². The van der Waals surface area contributed by atoms with E-state index < -0.39 is 16.8 Å². The summed E-state index contributed by atoms with van der Waals surface area (Å²) in [5.74, 6) is -0.740. The highest BCUT2D eigenvalue weighted by atomic mass is 32.2. The van der Waals surface area contributed by atoms with Gasteiger partial charge in [-0.25, -0.2) is 9.78 Å². The minimum absolute atomic E-state index is 0.136. The Kier molecular flexibility index (Phi) is 6.50. The number of carbonyl (C=O) groups is 1. The predicted molar refractivity (Wildman–Crippen MR) is 139 cm³/mol. The molecule has 0 aliphatic rings. The van der Waals surface area contributed by atoms with Crippen LogP contribution < -0.4 is 5.32 Å². The number of pyridine rings is 1. The number of nitrogens with zero attached hydrogens (tertiary/aromatic N) is 2. The molecule has 7 heteroatoms. The number of carboxylic acids is 1. The van der Waals surface area contributed by atoms with Crippen LogP contribution in [0, 0.1) is 0 Å². The molecular formula is C28H23N3O3S. The highest BCUT2D eigenvalue weighted by Gasteiger charge is 2.38. The number of thioether (sulfide) groups is 1. The van der Waals surface area contributed by atoms with Crippen molar-refractivity contribution in [2.75, 3.05) is 11.1 Å². The molecule has 0 bridgehead atoms. The fourth-order valence-electron chi connectivity index (χ4n) is 4.13. The molecule has 174 valence electrons. The van der Waals surface area contributed by atoms with E-state index in [-0.39, 0.29) is 11.8 Å². The molecular weight excluding hydrogens is 458 g/mol. The van der Waals surface area contributed by atoms with Crippen molar-refractivity contribution in [1.82, 2.24) is 9.97 Å². The monoisotopic (exact) mass is 481 g/mol. The number of fused-ring (bicyclic) bond motifs is 1. The molecule has 0 aliphatic heterocycles. The van der Waals surface area contributed by atoms with Crippen molar-refractivity contribution in [3.63, 3.8) is 0 Å². The Hall–Kier alpha value is -4.10. The average Bonchev–Trinajstić information content (AvgIpc) is 3.33. The molecule has 0 amide bonds. The predicted octanol–water partition coefficient (Wildman–Crippen LogP) is 5.81. The van der Waals surface area contributed by atoms with E-state index in [1.165, 1.54) is 0 Å². The van der Waals surface area contributed by atoms with Gasteiger partial charge in [-0.15, -0.1) is 11.8 Å². The van der Waals surface area contributed by atoms with E-state index in [0.29, 0.717) is 11.2 Å². The van der Waals surface area contributed by atoms with Gasteiger partial charge in [-0.1, -0.05) is 91.0 Å². The number of anilines is 1. The number of carboxylic acid groups (broad SMARTS) is 1. The third kappa shape index (κ3) is 4.63. The van der Waals surface area contributed by atoms with E-state index in [2.05, 4.69) is 51.7 Å². The lowest BCUT2D eigenvalue weighted by Crippen LogP contribution is -2.35. The molecule has 5 aromatic rings. The maximum atomic E-state index is 12.3. The maximum Gasteiger partial charge on any atom is 0.327 e. The number of benzene rings is 3. The molecule has 6 nitrogen and oxygen atoms in total. The molecule has 1 atom stereocenters. The number of oxazole rings is 1. The minimum Gasteiger partial charge on any atom is -0.480 e. The summed E-state index contributed by atoms with van der Waals surface area (Å²) < 4.78 is 5.05. The van der Waals surface area contributed by atoms with E-state index in [9.17, 15) is 9.90 Å². The van der Waals surface area contributed by atoms with Crippen molar-refractivity contribution < 1.29 is 14.3 Å². The molecule has 0 radical (unpaired) electrons. The summed E-state index contributed by atoms with van der Waals surface area (Å²) in [4.78, 5) is 20.7. The van der Waals surface area contributed by atoms with Crippen LogP contribution in [-0.2, 0) is 9.54 Å². The van der Waals surface area contributed by atoms with Crippen LogP contribution in [0.3, 0.4) is 0 Å². The summed E-state index contributed by atoms with van der Waals surface area (Å²) in [5.41, 5.74) is 4.13. The van der Waals surface area contributed by atoms with E-state index in [4.69, 9.17) is 4.42 Å². The molecule has 2 heterocycles. The number of aliphatic carboxylic acids is 1. The summed E-state index contributed by atoms with van der Waals surface area (Å²) >= 11 is 1.56. The SMILES string of the molecule is O=C(O)[C@H](CSC(c1ccccc1)(c1ccccc1)c1ccccc1)Nc1nc2ncccc2o1. The van der Waals surface area contributed by atoms with Crippen LogP contribution in [0.15, 0.2) is 114 Å². The summed E-state index contributed by atoms with van der Waals surface area (Å²) in [6, 6.07) is 33.2. The largest absolute Gasteiger partial charge is 0.480 e. The van der Waals surface area contributed by atoms with Crippen molar-refractivity contribution in [2.24, 2.45) is 0 Å². The van der Waals surface area contributed by atoms with Gasteiger partial charge in [-0.2, -0.15) is 4.98 Å². The third-order valence-electron chi connectivity index (χ3n) is 5.77. The van der Waals surface area contributed by atoms with Gasteiger partial charge in [-0.3, -0.25) is 0 Å². The second-order valence-corrected chi connectivity index (χ2v) is 9.20. The molecule has 2 aromatic heterocycles. The van der Waals surface area contributed by atoms with E-state index in [1.54, 1.807) is 30.1 Å². The van der Waals surface area contributed by atoms with Crippen molar-refractivity contribution >= 4 is 35.0 Å². The number of nitrogens with one attached hydrogen (secondary N) is 1. The Morgan fingerprint density at radius 2 is 1.40 bits per heavy atom. The topological polar surface area (TPSA) is 88.2 Å².